The van der Waals surface area contributed by atoms with E-state index in [1.165, 1.54) is 44.9 Å². The van der Waals surface area contributed by atoms with Gasteiger partial charge in [-0.3, -0.25) is 0 Å². The number of hydrogen-bond acceptors (Lipinski definition) is 2. The van der Waals surface area contributed by atoms with Crippen LogP contribution in [0.3, 0.4) is 0 Å². The van der Waals surface area contributed by atoms with Gasteiger partial charge in [0.15, 0.2) is 0 Å². The summed E-state index contributed by atoms with van der Waals surface area (Å²) in [6.45, 7) is 2.32. The van der Waals surface area contributed by atoms with Crippen molar-refractivity contribution in [1.82, 2.24) is 5.32 Å². The number of rotatable bonds is 6. The molecule has 2 heteroatoms. The maximum atomic E-state index is 3.93. The third-order valence-corrected chi connectivity index (χ3v) is 5.05. The highest BCUT2D eigenvalue weighted by Crippen LogP contribution is 2.36. The van der Waals surface area contributed by atoms with Crippen LogP contribution >= 0.6 is 11.8 Å². The third-order valence-electron chi connectivity index (χ3n) is 3.96. The second-order valence-corrected chi connectivity index (χ2v) is 6.41. The predicted octanol–water partition coefficient (Wildman–Crippen LogP) is 3.44. The Hall–Kier alpha value is 0.310. The van der Waals surface area contributed by atoms with Crippen molar-refractivity contribution in [2.24, 2.45) is 5.92 Å². The van der Waals surface area contributed by atoms with Gasteiger partial charge in [0, 0.05) is 17.3 Å². The van der Waals surface area contributed by atoms with Gasteiger partial charge in [0.2, 0.25) is 0 Å². The highest BCUT2D eigenvalue weighted by atomic mass is 32.2. The maximum Gasteiger partial charge on any atom is 0.00978 e. The highest BCUT2D eigenvalue weighted by Gasteiger charge is 2.33. The van der Waals surface area contributed by atoms with E-state index in [2.05, 4.69) is 30.3 Å². The fourth-order valence-corrected chi connectivity index (χ4v) is 3.67. The Labute approximate surface area is 98.8 Å². The van der Waals surface area contributed by atoms with Crippen molar-refractivity contribution in [3.8, 4) is 0 Å². The molecule has 0 bridgehead atoms. The van der Waals surface area contributed by atoms with Crippen LogP contribution in [0.2, 0.25) is 0 Å². The summed E-state index contributed by atoms with van der Waals surface area (Å²) in [6, 6.07) is 1.68. The molecule has 0 heterocycles. The lowest BCUT2D eigenvalue weighted by Crippen LogP contribution is -2.38. The lowest BCUT2D eigenvalue weighted by Gasteiger charge is -2.22. The first-order valence-corrected chi connectivity index (χ1v) is 7.91. The molecule has 15 heavy (non-hydrogen) atoms. The Morgan fingerprint density at radius 1 is 1.27 bits per heavy atom. The molecule has 2 fully saturated rings. The van der Waals surface area contributed by atoms with Gasteiger partial charge in [0.05, 0.1) is 0 Å². The van der Waals surface area contributed by atoms with Crippen molar-refractivity contribution in [3.05, 3.63) is 0 Å². The number of thioether (sulfide) groups is 1. The van der Waals surface area contributed by atoms with Crippen LogP contribution in [0.1, 0.15) is 51.9 Å². The van der Waals surface area contributed by atoms with Crippen LogP contribution in [0.4, 0.5) is 0 Å². The molecule has 0 aromatic carbocycles. The Morgan fingerprint density at radius 2 is 2.07 bits per heavy atom. The average Bonchev–Trinajstić information content (AvgIpc) is 2.99. The minimum absolute atomic E-state index is 0.833. The SMILES string of the molecule is CCCC(NC1CCC(SC)C1)C1CC1. The molecule has 3 atom stereocenters. The third kappa shape index (κ3) is 3.39. The molecule has 0 amide bonds. The van der Waals surface area contributed by atoms with Crippen molar-refractivity contribution in [3.63, 3.8) is 0 Å². The molecule has 2 rings (SSSR count). The van der Waals surface area contributed by atoms with Crippen molar-refractivity contribution in [2.45, 2.75) is 69.2 Å². The van der Waals surface area contributed by atoms with Crippen LogP contribution in [0, 0.1) is 5.92 Å². The van der Waals surface area contributed by atoms with Crippen molar-refractivity contribution in [2.75, 3.05) is 6.26 Å². The topological polar surface area (TPSA) is 12.0 Å². The van der Waals surface area contributed by atoms with Gasteiger partial charge in [-0.2, -0.15) is 11.8 Å². The average molecular weight is 227 g/mol. The summed E-state index contributed by atoms with van der Waals surface area (Å²) in [6.07, 6.45) is 12.2. The largest absolute Gasteiger partial charge is 0.311 e. The van der Waals surface area contributed by atoms with Crippen LogP contribution in [0.15, 0.2) is 0 Å². The summed E-state index contributed by atoms with van der Waals surface area (Å²) >= 11 is 2.06. The van der Waals surface area contributed by atoms with Crippen LogP contribution in [0.25, 0.3) is 0 Å². The van der Waals surface area contributed by atoms with Gasteiger partial charge in [-0.15, -0.1) is 0 Å². The van der Waals surface area contributed by atoms with Crippen molar-refractivity contribution < 1.29 is 0 Å². The molecule has 0 aromatic rings. The van der Waals surface area contributed by atoms with Crippen molar-refractivity contribution >= 4 is 11.8 Å². The molecular weight excluding hydrogens is 202 g/mol. The highest BCUT2D eigenvalue weighted by molar-refractivity contribution is 7.99. The Morgan fingerprint density at radius 3 is 2.60 bits per heavy atom. The van der Waals surface area contributed by atoms with Crippen molar-refractivity contribution in [1.29, 1.82) is 0 Å². The smallest absolute Gasteiger partial charge is 0.00978 e. The molecule has 2 aliphatic carbocycles. The lowest BCUT2D eigenvalue weighted by molar-refractivity contribution is 0.375. The van der Waals surface area contributed by atoms with Gasteiger partial charge in [-0.25, -0.2) is 0 Å². The quantitative estimate of drug-likeness (QED) is 0.746. The predicted molar refractivity (Wildman–Crippen MR) is 69.5 cm³/mol. The number of hydrogen-bond donors (Lipinski definition) is 1. The molecule has 3 unspecified atom stereocenters. The van der Waals surface area contributed by atoms with Gasteiger partial charge in [0.25, 0.3) is 0 Å². The molecule has 0 aliphatic heterocycles. The van der Waals surface area contributed by atoms with Crippen LogP contribution in [-0.4, -0.2) is 23.6 Å². The zero-order valence-corrected chi connectivity index (χ0v) is 11.0. The van der Waals surface area contributed by atoms with Gasteiger partial charge in [-0.1, -0.05) is 13.3 Å². The molecule has 0 spiro atoms. The molecule has 0 radical (unpaired) electrons. The Kier molecular flexibility index (Phi) is 4.39. The molecule has 2 saturated carbocycles. The van der Waals surface area contributed by atoms with E-state index in [1.807, 2.05) is 0 Å². The normalized spacial score (nSPS) is 33.2. The molecule has 0 aromatic heterocycles. The Bertz CT molecular complexity index is 191. The minimum atomic E-state index is 0.833. The van der Waals surface area contributed by atoms with E-state index < -0.39 is 0 Å². The second-order valence-electron chi connectivity index (χ2n) is 5.27. The molecule has 1 nitrogen and oxygen atoms in total. The van der Waals surface area contributed by atoms with Crippen LogP contribution in [0.5, 0.6) is 0 Å². The molecule has 0 saturated heterocycles. The summed E-state index contributed by atoms with van der Waals surface area (Å²) in [4.78, 5) is 0. The van der Waals surface area contributed by atoms with E-state index in [4.69, 9.17) is 0 Å². The van der Waals surface area contributed by atoms with E-state index in [0.717, 1.165) is 23.3 Å². The zero-order chi connectivity index (χ0) is 10.7. The maximum absolute atomic E-state index is 3.93. The van der Waals surface area contributed by atoms with E-state index in [0.29, 0.717) is 0 Å². The molecular formula is C13H25NS. The summed E-state index contributed by atoms with van der Waals surface area (Å²) in [5.41, 5.74) is 0. The lowest BCUT2D eigenvalue weighted by atomic mass is 10.1. The summed E-state index contributed by atoms with van der Waals surface area (Å²) < 4.78 is 0. The van der Waals surface area contributed by atoms with Crippen LogP contribution < -0.4 is 5.32 Å². The summed E-state index contributed by atoms with van der Waals surface area (Å²) in [5.74, 6) is 1.03. The fourth-order valence-electron chi connectivity index (χ4n) is 2.87. The monoisotopic (exact) mass is 227 g/mol. The molecule has 1 N–H and O–H groups in total. The minimum Gasteiger partial charge on any atom is -0.311 e. The Balaban J connectivity index is 1.74. The first-order chi connectivity index (χ1) is 7.33. The summed E-state index contributed by atoms with van der Waals surface area (Å²) in [5, 5.41) is 4.86. The standard InChI is InChI=1S/C13H25NS/c1-3-4-13(10-5-6-10)14-11-7-8-12(9-11)15-2/h10-14H,3-9H2,1-2H3. The fraction of sp³-hybridized carbons (Fsp3) is 1.00. The molecule has 2 aliphatic rings. The van der Waals surface area contributed by atoms with E-state index in [-0.39, 0.29) is 0 Å². The van der Waals surface area contributed by atoms with Gasteiger partial charge >= 0.3 is 0 Å². The zero-order valence-electron chi connectivity index (χ0n) is 10.2. The molecule has 88 valence electrons. The first-order valence-electron chi connectivity index (χ1n) is 6.62. The van der Waals surface area contributed by atoms with Gasteiger partial charge in [-0.05, 0) is 50.7 Å². The van der Waals surface area contributed by atoms with Gasteiger partial charge < -0.3 is 5.32 Å². The van der Waals surface area contributed by atoms with Crippen LogP contribution in [-0.2, 0) is 0 Å². The van der Waals surface area contributed by atoms with Gasteiger partial charge in [0.1, 0.15) is 0 Å². The van der Waals surface area contributed by atoms with E-state index >= 15 is 0 Å². The second kappa shape index (κ2) is 5.58. The first kappa shape index (κ1) is 11.8. The number of nitrogens with one attached hydrogen (secondary N) is 1. The summed E-state index contributed by atoms with van der Waals surface area (Å²) in [7, 11) is 0. The van der Waals surface area contributed by atoms with E-state index in [9.17, 15) is 0 Å². The van der Waals surface area contributed by atoms with E-state index in [1.54, 1.807) is 0 Å².